The summed E-state index contributed by atoms with van der Waals surface area (Å²) in [6.07, 6.45) is 2.31. The van der Waals surface area contributed by atoms with Gasteiger partial charge in [-0.3, -0.25) is 0 Å². The molecule has 0 saturated carbocycles. The zero-order valence-electron chi connectivity index (χ0n) is 16.9. The molecule has 1 rings (SSSR count). The van der Waals surface area contributed by atoms with Crippen LogP contribution < -0.4 is 15.5 Å². The van der Waals surface area contributed by atoms with E-state index in [0.717, 1.165) is 30.4 Å². The van der Waals surface area contributed by atoms with Crippen LogP contribution in [0.4, 0.5) is 5.82 Å². The second-order valence-electron chi connectivity index (χ2n) is 7.72. The molecular formula is C19H36IN5. The first-order valence-corrected chi connectivity index (χ1v) is 8.89. The molecule has 0 amide bonds. The van der Waals surface area contributed by atoms with E-state index in [-0.39, 0.29) is 24.0 Å². The van der Waals surface area contributed by atoms with Crippen molar-refractivity contribution >= 4 is 35.8 Å². The number of nitrogens with one attached hydrogen (secondary N) is 2. The number of anilines is 1. The molecule has 25 heavy (non-hydrogen) atoms. The van der Waals surface area contributed by atoms with Crippen molar-refractivity contribution < 1.29 is 0 Å². The fraction of sp³-hybridized carbons (Fsp3) is 0.684. The van der Waals surface area contributed by atoms with Gasteiger partial charge in [0.2, 0.25) is 0 Å². The number of aromatic nitrogens is 1. The molecule has 0 aliphatic heterocycles. The van der Waals surface area contributed by atoms with Gasteiger partial charge in [0.1, 0.15) is 5.82 Å². The molecule has 0 aliphatic carbocycles. The molecule has 1 heterocycles. The monoisotopic (exact) mass is 461 g/mol. The highest BCUT2D eigenvalue weighted by atomic mass is 127. The summed E-state index contributed by atoms with van der Waals surface area (Å²) in [5.74, 6) is 1.81. The molecule has 144 valence electrons. The van der Waals surface area contributed by atoms with E-state index in [2.05, 4.69) is 55.2 Å². The summed E-state index contributed by atoms with van der Waals surface area (Å²) in [5, 5.41) is 6.82. The predicted octanol–water partition coefficient (Wildman–Crippen LogP) is 4.04. The molecule has 6 heteroatoms. The summed E-state index contributed by atoms with van der Waals surface area (Å²) >= 11 is 0. The van der Waals surface area contributed by atoms with Gasteiger partial charge in [-0.05, 0) is 44.2 Å². The molecule has 0 aliphatic rings. The molecule has 0 saturated heterocycles. The number of hydrogen-bond acceptors (Lipinski definition) is 3. The Bertz CT molecular complexity index is 523. The van der Waals surface area contributed by atoms with Gasteiger partial charge in [-0.1, -0.05) is 26.8 Å². The highest BCUT2D eigenvalue weighted by Crippen LogP contribution is 2.21. The lowest BCUT2D eigenvalue weighted by Crippen LogP contribution is -2.42. The molecule has 1 aromatic heterocycles. The quantitative estimate of drug-likeness (QED) is 0.366. The lowest BCUT2D eigenvalue weighted by Gasteiger charge is -2.23. The number of hydrogen-bond donors (Lipinski definition) is 2. The molecule has 0 spiro atoms. The first-order chi connectivity index (χ1) is 11.2. The Labute approximate surface area is 171 Å². The van der Waals surface area contributed by atoms with Crippen LogP contribution in [0.2, 0.25) is 0 Å². The van der Waals surface area contributed by atoms with Gasteiger partial charge in [0, 0.05) is 26.7 Å². The molecule has 1 atom stereocenters. The largest absolute Gasteiger partial charge is 0.363 e. The van der Waals surface area contributed by atoms with Crippen molar-refractivity contribution in [2.24, 2.45) is 10.4 Å². The number of pyridine rings is 1. The van der Waals surface area contributed by atoms with E-state index in [1.807, 2.05) is 37.2 Å². The van der Waals surface area contributed by atoms with Crippen LogP contribution in [0.1, 0.15) is 53.2 Å². The Morgan fingerprint density at radius 3 is 2.52 bits per heavy atom. The van der Waals surface area contributed by atoms with E-state index in [1.54, 1.807) is 0 Å². The minimum Gasteiger partial charge on any atom is -0.363 e. The van der Waals surface area contributed by atoms with Crippen molar-refractivity contribution in [2.45, 2.75) is 60.0 Å². The number of guanidine groups is 1. The lowest BCUT2D eigenvalue weighted by atomic mass is 9.89. The predicted molar refractivity (Wildman–Crippen MR) is 120 cm³/mol. The fourth-order valence-electron chi connectivity index (χ4n) is 2.24. The van der Waals surface area contributed by atoms with Crippen molar-refractivity contribution in [1.82, 2.24) is 15.6 Å². The third-order valence-electron chi connectivity index (χ3n) is 3.70. The van der Waals surface area contributed by atoms with E-state index < -0.39 is 0 Å². The maximum absolute atomic E-state index is 4.68. The molecule has 0 fully saturated rings. The zero-order valence-corrected chi connectivity index (χ0v) is 19.2. The third-order valence-corrected chi connectivity index (χ3v) is 3.70. The molecule has 5 nitrogen and oxygen atoms in total. The second-order valence-corrected chi connectivity index (χ2v) is 7.72. The van der Waals surface area contributed by atoms with Gasteiger partial charge in [0.25, 0.3) is 0 Å². The van der Waals surface area contributed by atoms with Crippen LogP contribution in [-0.4, -0.2) is 37.6 Å². The SMILES string of the molecule is CCNC(=NCc1cccc(N(C)C)n1)NC(C)CCC(C)(C)C.I. The minimum atomic E-state index is 0. The highest BCUT2D eigenvalue weighted by molar-refractivity contribution is 14.0. The van der Waals surface area contributed by atoms with Gasteiger partial charge in [-0.15, -0.1) is 24.0 Å². The summed E-state index contributed by atoms with van der Waals surface area (Å²) in [6.45, 7) is 12.6. The molecule has 2 N–H and O–H groups in total. The third kappa shape index (κ3) is 10.5. The van der Waals surface area contributed by atoms with Gasteiger partial charge >= 0.3 is 0 Å². The van der Waals surface area contributed by atoms with Gasteiger partial charge in [0.05, 0.1) is 12.2 Å². The number of nitrogens with zero attached hydrogens (tertiary/aromatic N) is 3. The summed E-state index contributed by atoms with van der Waals surface area (Å²) in [7, 11) is 4.00. The maximum atomic E-state index is 4.68. The fourth-order valence-corrected chi connectivity index (χ4v) is 2.24. The second kappa shape index (κ2) is 11.5. The van der Waals surface area contributed by atoms with E-state index in [0.29, 0.717) is 18.0 Å². The van der Waals surface area contributed by atoms with E-state index in [4.69, 9.17) is 0 Å². The van der Waals surface area contributed by atoms with Crippen molar-refractivity contribution in [3.63, 3.8) is 0 Å². The van der Waals surface area contributed by atoms with Crippen LogP contribution in [0.5, 0.6) is 0 Å². The van der Waals surface area contributed by atoms with E-state index in [9.17, 15) is 0 Å². The van der Waals surface area contributed by atoms with Crippen molar-refractivity contribution in [1.29, 1.82) is 0 Å². The first-order valence-electron chi connectivity index (χ1n) is 8.89. The summed E-state index contributed by atoms with van der Waals surface area (Å²) in [5.41, 5.74) is 1.34. The molecule has 0 aromatic carbocycles. The normalized spacial score (nSPS) is 13.0. The smallest absolute Gasteiger partial charge is 0.191 e. The van der Waals surface area contributed by atoms with Crippen LogP contribution in [0.3, 0.4) is 0 Å². The van der Waals surface area contributed by atoms with Crippen molar-refractivity contribution in [3.05, 3.63) is 23.9 Å². The van der Waals surface area contributed by atoms with Crippen molar-refractivity contribution in [2.75, 3.05) is 25.5 Å². The van der Waals surface area contributed by atoms with E-state index in [1.165, 1.54) is 6.42 Å². The maximum Gasteiger partial charge on any atom is 0.191 e. The molecule has 1 aromatic rings. The summed E-state index contributed by atoms with van der Waals surface area (Å²) < 4.78 is 0. The molecule has 0 radical (unpaired) electrons. The van der Waals surface area contributed by atoms with Gasteiger partial charge < -0.3 is 15.5 Å². The molecular weight excluding hydrogens is 425 g/mol. The van der Waals surface area contributed by atoms with Crippen LogP contribution in [-0.2, 0) is 6.54 Å². The standard InChI is InChI=1S/C19H35N5.HI/c1-8-20-18(22-15(2)12-13-19(3,4)5)21-14-16-10-9-11-17(23-16)24(6)7;/h9-11,15H,8,12-14H2,1-7H3,(H2,20,21,22);1H. The molecule has 0 bridgehead atoms. The average Bonchev–Trinajstić information content (AvgIpc) is 2.50. The lowest BCUT2D eigenvalue weighted by molar-refractivity contribution is 0.346. The van der Waals surface area contributed by atoms with Crippen molar-refractivity contribution in [3.8, 4) is 0 Å². The molecule has 1 unspecified atom stereocenters. The number of rotatable bonds is 7. The van der Waals surface area contributed by atoms with Crippen LogP contribution in [0, 0.1) is 5.41 Å². The van der Waals surface area contributed by atoms with Crippen LogP contribution in [0.15, 0.2) is 23.2 Å². The summed E-state index contributed by atoms with van der Waals surface area (Å²) in [6, 6.07) is 6.44. The Morgan fingerprint density at radius 2 is 1.96 bits per heavy atom. The first kappa shape index (κ1) is 23.9. The average molecular weight is 461 g/mol. The number of halogens is 1. The minimum absolute atomic E-state index is 0. The van der Waals surface area contributed by atoms with Gasteiger partial charge in [-0.25, -0.2) is 9.98 Å². The van der Waals surface area contributed by atoms with E-state index >= 15 is 0 Å². The Hall–Kier alpha value is -1.05. The Balaban J connectivity index is 0.00000576. The zero-order chi connectivity index (χ0) is 18.2. The van der Waals surface area contributed by atoms with Crippen LogP contribution >= 0.6 is 24.0 Å². The highest BCUT2D eigenvalue weighted by Gasteiger charge is 2.13. The Morgan fingerprint density at radius 1 is 1.28 bits per heavy atom. The summed E-state index contributed by atoms with van der Waals surface area (Å²) in [4.78, 5) is 11.3. The Kier molecular flexibility index (Phi) is 11.1. The van der Waals surface area contributed by atoms with Gasteiger partial charge in [0.15, 0.2) is 5.96 Å². The van der Waals surface area contributed by atoms with Crippen LogP contribution in [0.25, 0.3) is 0 Å². The topological polar surface area (TPSA) is 52.6 Å². The number of aliphatic imine (C=N–C) groups is 1. The van der Waals surface area contributed by atoms with Gasteiger partial charge in [-0.2, -0.15) is 0 Å².